The van der Waals surface area contributed by atoms with E-state index >= 15 is 0 Å². The minimum absolute atomic E-state index is 0.0430. The number of rotatable bonds is 5. The van der Waals surface area contributed by atoms with Gasteiger partial charge in [-0.3, -0.25) is 9.69 Å². The van der Waals surface area contributed by atoms with Crippen molar-refractivity contribution in [3.05, 3.63) is 58.0 Å². The maximum Gasteiger partial charge on any atom is 0.251 e. The molecule has 0 aliphatic carbocycles. The summed E-state index contributed by atoms with van der Waals surface area (Å²) in [4.78, 5) is 14.1. The second-order valence-corrected chi connectivity index (χ2v) is 5.74. The highest BCUT2D eigenvalue weighted by Crippen LogP contribution is 2.20. The molecule has 2 aromatic rings. The van der Waals surface area contributed by atoms with Crippen LogP contribution in [0.25, 0.3) is 0 Å². The number of carbonyl (C=O) groups excluding carboxylic acids is 1. The van der Waals surface area contributed by atoms with Crippen molar-refractivity contribution >= 4 is 29.1 Å². The van der Waals surface area contributed by atoms with Crippen LogP contribution in [0.4, 0.5) is 0 Å². The fourth-order valence-corrected chi connectivity index (χ4v) is 2.52. The molecule has 0 unspecified atom stereocenters. The smallest absolute Gasteiger partial charge is 0.251 e. The summed E-state index contributed by atoms with van der Waals surface area (Å²) < 4.78 is 5.40. The predicted molar refractivity (Wildman–Crippen MR) is 83.9 cm³/mol. The van der Waals surface area contributed by atoms with Gasteiger partial charge in [-0.05, 0) is 44.4 Å². The average molecular weight is 327 g/mol. The molecule has 1 atom stereocenters. The van der Waals surface area contributed by atoms with Gasteiger partial charge in [0.15, 0.2) is 0 Å². The van der Waals surface area contributed by atoms with Gasteiger partial charge in [0.1, 0.15) is 5.76 Å². The van der Waals surface area contributed by atoms with Crippen LogP contribution in [0, 0.1) is 0 Å². The van der Waals surface area contributed by atoms with Crippen molar-refractivity contribution < 1.29 is 9.21 Å². The molecule has 21 heavy (non-hydrogen) atoms. The Morgan fingerprint density at radius 2 is 1.95 bits per heavy atom. The Morgan fingerprint density at radius 3 is 2.48 bits per heavy atom. The zero-order valence-electron chi connectivity index (χ0n) is 11.8. The van der Waals surface area contributed by atoms with Gasteiger partial charge in [0.05, 0.1) is 12.3 Å². The summed E-state index contributed by atoms with van der Waals surface area (Å²) in [6.45, 7) is 0.420. The van der Waals surface area contributed by atoms with Crippen molar-refractivity contribution in [1.82, 2.24) is 10.2 Å². The zero-order chi connectivity index (χ0) is 15.4. The van der Waals surface area contributed by atoms with E-state index in [-0.39, 0.29) is 11.9 Å². The lowest BCUT2D eigenvalue weighted by Gasteiger charge is -2.22. The highest BCUT2D eigenvalue weighted by atomic mass is 35.5. The Bertz CT molecular complexity index is 592. The predicted octanol–water partition coefficient (Wildman–Crippen LogP) is 3.62. The first-order valence-electron chi connectivity index (χ1n) is 6.41. The van der Waals surface area contributed by atoms with Gasteiger partial charge in [0.25, 0.3) is 5.91 Å². The SMILES string of the molecule is CN(C)[C@@H](CNC(=O)c1cc(Cl)cc(Cl)c1)c1ccco1. The molecule has 1 amide bonds. The van der Waals surface area contributed by atoms with Gasteiger partial charge in [-0.2, -0.15) is 0 Å². The van der Waals surface area contributed by atoms with Gasteiger partial charge >= 0.3 is 0 Å². The lowest BCUT2D eigenvalue weighted by atomic mass is 10.1. The van der Waals surface area contributed by atoms with E-state index < -0.39 is 0 Å². The number of hydrogen-bond acceptors (Lipinski definition) is 3. The maximum atomic E-state index is 12.2. The molecule has 0 bridgehead atoms. The molecule has 1 heterocycles. The van der Waals surface area contributed by atoms with Crippen LogP contribution in [-0.4, -0.2) is 31.4 Å². The highest BCUT2D eigenvalue weighted by Gasteiger charge is 2.18. The molecular weight excluding hydrogens is 311 g/mol. The molecule has 0 aliphatic heterocycles. The fourth-order valence-electron chi connectivity index (χ4n) is 1.99. The fraction of sp³-hybridized carbons (Fsp3) is 0.267. The second-order valence-electron chi connectivity index (χ2n) is 4.86. The van der Waals surface area contributed by atoms with Gasteiger partial charge in [0.2, 0.25) is 0 Å². The standard InChI is InChI=1S/C15H16Cl2N2O2/c1-19(2)13(14-4-3-5-21-14)9-18-15(20)10-6-11(16)8-12(17)7-10/h3-8,13H,9H2,1-2H3,(H,18,20)/t13-/m0/s1. The third-order valence-electron chi connectivity index (χ3n) is 3.08. The molecule has 1 aromatic heterocycles. The lowest BCUT2D eigenvalue weighted by Crippen LogP contribution is -2.34. The molecular formula is C15H16Cl2N2O2. The van der Waals surface area contributed by atoms with E-state index in [1.165, 1.54) is 0 Å². The molecule has 0 saturated heterocycles. The van der Waals surface area contributed by atoms with Gasteiger partial charge in [-0.1, -0.05) is 23.2 Å². The van der Waals surface area contributed by atoms with Gasteiger partial charge in [0, 0.05) is 22.2 Å². The lowest BCUT2D eigenvalue weighted by molar-refractivity contribution is 0.0939. The van der Waals surface area contributed by atoms with E-state index in [1.54, 1.807) is 24.5 Å². The van der Waals surface area contributed by atoms with Crippen LogP contribution in [-0.2, 0) is 0 Å². The van der Waals surface area contributed by atoms with Crippen molar-refractivity contribution in [2.45, 2.75) is 6.04 Å². The zero-order valence-corrected chi connectivity index (χ0v) is 13.3. The quantitative estimate of drug-likeness (QED) is 0.912. The summed E-state index contributed by atoms with van der Waals surface area (Å²) in [5.74, 6) is 0.572. The summed E-state index contributed by atoms with van der Waals surface area (Å²) in [6.07, 6.45) is 1.62. The van der Waals surface area contributed by atoms with Crippen LogP contribution >= 0.6 is 23.2 Å². The number of halogens is 2. The van der Waals surface area contributed by atoms with Crippen molar-refractivity contribution in [2.24, 2.45) is 0 Å². The molecule has 1 N–H and O–H groups in total. The van der Waals surface area contributed by atoms with Crippen LogP contribution in [0.2, 0.25) is 10.0 Å². The van der Waals surface area contributed by atoms with E-state index in [2.05, 4.69) is 5.32 Å². The van der Waals surface area contributed by atoms with E-state index in [1.807, 2.05) is 31.1 Å². The van der Waals surface area contributed by atoms with Crippen LogP contribution in [0.1, 0.15) is 22.2 Å². The number of hydrogen-bond donors (Lipinski definition) is 1. The Morgan fingerprint density at radius 1 is 1.29 bits per heavy atom. The van der Waals surface area contributed by atoms with Crippen molar-refractivity contribution in [3.63, 3.8) is 0 Å². The number of nitrogens with zero attached hydrogens (tertiary/aromatic N) is 1. The first kappa shape index (κ1) is 15.9. The topological polar surface area (TPSA) is 45.5 Å². The van der Waals surface area contributed by atoms with Crippen LogP contribution in [0.3, 0.4) is 0 Å². The molecule has 0 saturated carbocycles. The minimum atomic E-state index is -0.224. The van der Waals surface area contributed by atoms with E-state index in [4.69, 9.17) is 27.6 Å². The average Bonchev–Trinajstić information content (AvgIpc) is 2.91. The Balaban J connectivity index is 2.05. The summed E-state index contributed by atoms with van der Waals surface area (Å²) in [5.41, 5.74) is 0.435. The van der Waals surface area contributed by atoms with E-state index in [9.17, 15) is 4.79 Å². The minimum Gasteiger partial charge on any atom is -0.468 e. The van der Waals surface area contributed by atoms with Crippen molar-refractivity contribution in [1.29, 1.82) is 0 Å². The number of carbonyl (C=O) groups is 1. The molecule has 4 nitrogen and oxygen atoms in total. The van der Waals surface area contributed by atoms with Crippen LogP contribution in [0.5, 0.6) is 0 Å². The Hall–Kier alpha value is -1.49. The largest absolute Gasteiger partial charge is 0.468 e. The third-order valence-corrected chi connectivity index (χ3v) is 3.51. The second kappa shape index (κ2) is 6.98. The van der Waals surface area contributed by atoms with Crippen molar-refractivity contribution in [2.75, 3.05) is 20.6 Å². The normalized spacial score (nSPS) is 12.4. The van der Waals surface area contributed by atoms with Gasteiger partial charge in [-0.15, -0.1) is 0 Å². The number of nitrogens with one attached hydrogen (secondary N) is 1. The summed E-state index contributed by atoms with van der Waals surface area (Å²) in [5, 5.41) is 3.73. The Labute approximate surface area is 133 Å². The molecule has 112 valence electrons. The van der Waals surface area contributed by atoms with Crippen LogP contribution < -0.4 is 5.32 Å². The Kier molecular flexibility index (Phi) is 5.28. The molecule has 6 heteroatoms. The number of amides is 1. The maximum absolute atomic E-state index is 12.2. The van der Waals surface area contributed by atoms with Gasteiger partial charge < -0.3 is 9.73 Å². The molecule has 2 rings (SSSR count). The van der Waals surface area contributed by atoms with Crippen molar-refractivity contribution in [3.8, 4) is 0 Å². The monoisotopic (exact) mass is 326 g/mol. The molecule has 0 fully saturated rings. The number of furan rings is 1. The first-order valence-corrected chi connectivity index (χ1v) is 7.17. The van der Waals surface area contributed by atoms with E-state index in [0.29, 0.717) is 22.2 Å². The number of likely N-dealkylation sites (N-methyl/N-ethyl adjacent to an activating group) is 1. The highest BCUT2D eigenvalue weighted by molar-refractivity contribution is 6.35. The molecule has 0 radical (unpaired) electrons. The molecule has 0 spiro atoms. The first-order chi connectivity index (χ1) is 9.97. The summed E-state index contributed by atoms with van der Waals surface area (Å²) in [6, 6.07) is 8.42. The molecule has 0 aliphatic rings. The molecule has 1 aromatic carbocycles. The van der Waals surface area contributed by atoms with E-state index in [0.717, 1.165) is 5.76 Å². The summed E-state index contributed by atoms with van der Waals surface area (Å²) in [7, 11) is 3.85. The number of benzene rings is 1. The third kappa shape index (κ3) is 4.24. The van der Waals surface area contributed by atoms with Crippen LogP contribution in [0.15, 0.2) is 41.0 Å². The van der Waals surface area contributed by atoms with Gasteiger partial charge in [-0.25, -0.2) is 0 Å². The summed E-state index contributed by atoms with van der Waals surface area (Å²) >= 11 is 11.8.